The highest BCUT2D eigenvalue weighted by atomic mass is 35.5. The molecule has 3 heterocycles. The first-order valence-corrected chi connectivity index (χ1v) is 9.20. The average molecular weight is 431 g/mol. The van der Waals surface area contributed by atoms with E-state index in [4.69, 9.17) is 21.1 Å². The Hall–Kier alpha value is -1.94. The van der Waals surface area contributed by atoms with Gasteiger partial charge in [-0.05, 0) is 18.2 Å². The van der Waals surface area contributed by atoms with Gasteiger partial charge in [0.05, 0.1) is 31.5 Å². The maximum atomic E-state index is 13.4. The SMILES string of the molecule is Cl.Fc1ccc(Nc2nc(N3CCOCC3)nc(N3CCOCC3)n2)cc1Cl. The number of hydrogen-bond donors (Lipinski definition) is 1. The van der Waals surface area contributed by atoms with Crippen LogP contribution in [0.15, 0.2) is 18.2 Å². The molecule has 2 saturated heterocycles. The molecule has 0 amide bonds. The zero-order chi connectivity index (χ0) is 18.6. The maximum Gasteiger partial charge on any atom is 0.233 e. The lowest BCUT2D eigenvalue weighted by atomic mass is 10.3. The second kappa shape index (κ2) is 9.51. The summed E-state index contributed by atoms with van der Waals surface area (Å²) < 4.78 is 24.2. The van der Waals surface area contributed by atoms with Crippen molar-refractivity contribution in [3.8, 4) is 0 Å². The Kier molecular flexibility index (Phi) is 7.06. The van der Waals surface area contributed by atoms with Gasteiger partial charge in [-0.2, -0.15) is 15.0 Å². The van der Waals surface area contributed by atoms with Crippen molar-refractivity contribution in [1.82, 2.24) is 15.0 Å². The summed E-state index contributed by atoms with van der Waals surface area (Å²) in [5.74, 6) is 1.09. The van der Waals surface area contributed by atoms with Crippen LogP contribution in [0.1, 0.15) is 0 Å². The van der Waals surface area contributed by atoms with Gasteiger partial charge in [-0.25, -0.2) is 4.39 Å². The molecule has 11 heteroatoms. The van der Waals surface area contributed by atoms with Crippen LogP contribution in [0, 0.1) is 5.82 Å². The molecular formula is C17H21Cl2FN6O2. The number of hydrogen-bond acceptors (Lipinski definition) is 8. The zero-order valence-corrected chi connectivity index (χ0v) is 16.7. The van der Waals surface area contributed by atoms with E-state index in [1.165, 1.54) is 12.1 Å². The lowest BCUT2D eigenvalue weighted by molar-refractivity contribution is 0.121. The van der Waals surface area contributed by atoms with Crippen LogP contribution in [-0.2, 0) is 9.47 Å². The highest BCUT2D eigenvalue weighted by Crippen LogP contribution is 2.24. The van der Waals surface area contributed by atoms with Crippen LogP contribution < -0.4 is 15.1 Å². The van der Waals surface area contributed by atoms with Gasteiger partial charge in [0.1, 0.15) is 5.82 Å². The zero-order valence-electron chi connectivity index (χ0n) is 15.1. The molecule has 4 rings (SSSR count). The van der Waals surface area contributed by atoms with Crippen LogP contribution in [0.5, 0.6) is 0 Å². The molecule has 0 unspecified atom stereocenters. The molecule has 0 aliphatic carbocycles. The number of nitrogens with zero attached hydrogens (tertiary/aromatic N) is 5. The molecule has 0 saturated carbocycles. The first-order chi connectivity index (χ1) is 13.2. The summed E-state index contributed by atoms with van der Waals surface area (Å²) in [4.78, 5) is 17.9. The third kappa shape index (κ3) is 4.91. The highest BCUT2D eigenvalue weighted by molar-refractivity contribution is 6.31. The summed E-state index contributed by atoms with van der Waals surface area (Å²) in [6.07, 6.45) is 0. The van der Waals surface area contributed by atoms with E-state index in [1.54, 1.807) is 6.07 Å². The van der Waals surface area contributed by atoms with Crippen molar-refractivity contribution < 1.29 is 13.9 Å². The van der Waals surface area contributed by atoms with E-state index in [2.05, 4.69) is 30.1 Å². The highest BCUT2D eigenvalue weighted by Gasteiger charge is 2.20. The van der Waals surface area contributed by atoms with Crippen LogP contribution in [-0.4, -0.2) is 67.6 Å². The fraction of sp³-hybridized carbons (Fsp3) is 0.471. The molecule has 1 aromatic carbocycles. The number of rotatable bonds is 4. The third-order valence-corrected chi connectivity index (χ3v) is 4.67. The monoisotopic (exact) mass is 430 g/mol. The Morgan fingerprint density at radius 3 is 1.93 bits per heavy atom. The average Bonchev–Trinajstić information content (AvgIpc) is 2.72. The molecular weight excluding hydrogens is 410 g/mol. The summed E-state index contributed by atoms with van der Waals surface area (Å²) in [5, 5.41) is 3.14. The Labute approximate surface area is 173 Å². The van der Waals surface area contributed by atoms with Gasteiger partial charge >= 0.3 is 0 Å². The maximum absolute atomic E-state index is 13.4. The molecule has 0 radical (unpaired) electrons. The summed E-state index contributed by atoms with van der Waals surface area (Å²) >= 11 is 5.87. The number of aromatic nitrogens is 3. The van der Waals surface area contributed by atoms with Gasteiger partial charge in [0.25, 0.3) is 0 Å². The first-order valence-electron chi connectivity index (χ1n) is 8.82. The minimum absolute atomic E-state index is 0. The number of ether oxygens (including phenoxy) is 2. The molecule has 2 fully saturated rings. The van der Waals surface area contributed by atoms with E-state index in [0.717, 1.165) is 0 Å². The van der Waals surface area contributed by atoms with Crippen LogP contribution >= 0.6 is 24.0 Å². The number of benzene rings is 1. The molecule has 2 aliphatic rings. The summed E-state index contributed by atoms with van der Waals surface area (Å²) in [6.45, 7) is 5.40. The van der Waals surface area contributed by atoms with E-state index in [0.29, 0.717) is 76.1 Å². The van der Waals surface area contributed by atoms with Gasteiger partial charge < -0.3 is 24.6 Å². The van der Waals surface area contributed by atoms with Crippen LogP contribution in [0.2, 0.25) is 5.02 Å². The molecule has 0 spiro atoms. The van der Waals surface area contributed by atoms with Gasteiger partial charge in [-0.15, -0.1) is 12.4 Å². The topological polar surface area (TPSA) is 75.6 Å². The number of anilines is 4. The van der Waals surface area contributed by atoms with Crippen LogP contribution in [0.3, 0.4) is 0 Å². The molecule has 0 atom stereocenters. The largest absolute Gasteiger partial charge is 0.378 e. The second-order valence-electron chi connectivity index (χ2n) is 6.21. The molecule has 2 aliphatic heterocycles. The number of halogens is 3. The Bertz CT molecular complexity index is 767. The van der Waals surface area contributed by atoms with Gasteiger partial charge in [0, 0.05) is 31.9 Å². The third-order valence-electron chi connectivity index (χ3n) is 4.38. The van der Waals surface area contributed by atoms with E-state index < -0.39 is 5.82 Å². The number of nitrogens with one attached hydrogen (secondary N) is 1. The molecule has 28 heavy (non-hydrogen) atoms. The fourth-order valence-corrected chi connectivity index (χ4v) is 3.10. The molecule has 0 bridgehead atoms. The van der Waals surface area contributed by atoms with E-state index in [9.17, 15) is 4.39 Å². The lowest BCUT2D eigenvalue weighted by Crippen LogP contribution is -2.40. The summed E-state index contributed by atoms with van der Waals surface area (Å²) in [5.41, 5.74) is 0.605. The molecule has 152 valence electrons. The second-order valence-corrected chi connectivity index (χ2v) is 6.62. The van der Waals surface area contributed by atoms with Crippen LogP contribution in [0.25, 0.3) is 0 Å². The van der Waals surface area contributed by atoms with Gasteiger partial charge in [0.15, 0.2) is 0 Å². The fourth-order valence-electron chi connectivity index (χ4n) is 2.92. The van der Waals surface area contributed by atoms with E-state index >= 15 is 0 Å². The van der Waals surface area contributed by atoms with Crippen molar-refractivity contribution >= 4 is 47.5 Å². The van der Waals surface area contributed by atoms with Crippen molar-refractivity contribution in [3.63, 3.8) is 0 Å². The smallest absolute Gasteiger partial charge is 0.233 e. The van der Waals surface area contributed by atoms with Gasteiger partial charge in [-0.3, -0.25) is 0 Å². The quantitative estimate of drug-likeness (QED) is 0.792. The minimum atomic E-state index is -0.471. The molecule has 1 aromatic heterocycles. The molecule has 8 nitrogen and oxygen atoms in total. The van der Waals surface area contributed by atoms with E-state index in [-0.39, 0.29) is 17.4 Å². The summed E-state index contributed by atoms with van der Waals surface area (Å²) in [7, 11) is 0. The van der Waals surface area contributed by atoms with Crippen molar-refractivity contribution in [3.05, 3.63) is 29.0 Å². The van der Waals surface area contributed by atoms with Gasteiger partial charge in [0.2, 0.25) is 17.8 Å². The van der Waals surface area contributed by atoms with Crippen molar-refractivity contribution in [2.24, 2.45) is 0 Å². The Morgan fingerprint density at radius 2 is 1.43 bits per heavy atom. The Balaban J connectivity index is 0.00000225. The van der Waals surface area contributed by atoms with Crippen molar-refractivity contribution in [2.45, 2.75) is 0 Å². The Morgan fingerprint density at radius 1 is 0.893 bits per heavy atom. The predicted octanol–water partition coefficient (Wildman–Crippen LogP) is 2.50. The van der Waals surface area contributed by atoms with Gasteiger partial charge in [-0.1, -0.05) is 11.6 Å². The molecule has 1 N–H and O–H groups in total. The van der Waals surface area contributed by atoms with Crippen molar-refractivity contribution in [1.29, 1.82) is 0 Å². The van der Waals surface area contributed by atoms with Crippen LogP contribution in [0.4, 0.5) is 27.9 Å². The summed E-state index contributed by atoms with van der Waals surface area (Å²) in [6, 6.07) is 4.40. The predicted molar refractivity (Wildman–Crippen MR) is 108 cm³/mol. The normalized spacial score (nSPS) is 17.2. The molecule has 2 aromatic rings. The first kappa shape index (κ1) is 20.8. The number of morpholine rings is 2. The van der Waals surface area contributed by atoms with E-state index in [1.807, 2.05) is 0 Å². The van der Waals surface area contributed by atoms with Crippen molar-refractivity contribution in [2.75, 3.05) is 67.7 Å². The lowest BCUT2D eigenvalue weighted by Gasteiger charge is -2.30. The standard InChI is InChI=1S/C17H20ClFN6O2.ClH/c18-13-11-12(1-2-14(13)19)20-15-21-16(24-3-7-26-8-4-24)23-17(22-15)25-5-9-27-10-6-25;/h1-2,11H,3-10H2,(H,20,21,22,23);1H. The minimum Gasteiger partial charge on any atom is -0.378 e.